The highest BCUT2D eigenvalue weighted by molar-refractivity contribution is 5.98. The number of carbonyl (C=O) groups excluding carboxylic acids is 2. The molecule has 0 spiro atoms. The third-order valence-electron chi connectivity index (χ3n) is 2.36. The molecule has 0 aliphatic carbocycles. The predicted octanol–water partition coefficient (Wildman–Crippen LogP) is 1.13. The number of nitriles is 1. The Morgan fingerprint density at radius 2 is 1.94 bits per heavy atom. The molecule has 0 fully saturated rings. The molecule has 3 N–H and O–H groups in total. The summed E-state index contributed by atoms with van der Waals surface area (Å²) < 4.78 is 0. The summed E-state index contributed by atoms with van der Waals surface area (Å²) in [5, 5.41) is 9.59. The molecule has 0 saturated heterocycles. The van der Waals surface area contributed by atoms with Crippen molar-refractivity contribution in [1.29, 1.82) is 5.26 Å². The van der Waals surface area contributed by atoms with Crippen LogP contribution in [0.1, 0.15) is 17.5 Å². The van der Waals surface area contributed by atoms with E-state index in [9.17, 15) is 9.59 Å². The second-order valence-corrected chi connectivity index (χ2v) is 3.78. The van der Waals surface area contributed by atoms with Crippen molar-refractivity contribution in [1.82, 2.24) is 5.43 Å². The van der Waals surface area contributed by atoms with Gasteiger partial charge in [-0.15, -0.1) is 0 Å². The molecule has 1 rings (SSSR count). The molecule has 3 amide bonds. The molecule has 0 heterocycles. The van der Waals surface area contributed by atoms with Crippen LogP contribution < -0.4 is 16.2 Å². The molecule has 0 saturated carbocycles. The molecule has 0 bridgehead atoms. The first kappa shape index (κ1) is 13.5. The van der Waals surface area contributed by atoms with Gasteiger partial charge in [0.15, 0.2) is 0 Å². The Kier molecular flexibility index (Phi) is 4.27. The van der Waals surface area contributed by atoms with E-state index in [1.54, 1.807) is 32.0 Å². The van der Waals surface area contributed by atoms with Gasteiger partial charge in [-0.25, -0.2) is 15.2 Å². The van der Waals surface area contributed by atoms with Gasteiger partial charge in [0.1, 0.15) is 6.42 Å². The molecule has 0 aromatic heterocycles. The first-order valence-corrected chi connectivity index (χ1v) is 5.29. The van der Waals surface area contributed by atoms with Crippen LogP contribution in [0.15, 0.2) is 18.2 Å². The number of para-hydroxylation sites is 1. The van der Waals surface area contributed by atoms with Crippen molar-refractivity contribution in [3.8, 4) is 6.07 Å². The summed E-state index contributed by atoms with van der Waals surface area (Å²) in [6.45, 7) is 3.61. The Labute approximate surface area is 105 Å². The number of hydrogen-bond acceptors (Lipinski definition) is 3. The molecule has 1 aromatic carbocycles. The molecular formula is C12H14N4O2. The van der Waals surface area contributed by atoms with Gasteiger partial charge in [-0.05, 0) is 25.0 Å². The lowest BCUT2D eigenvalue weighted by Crippen LogP contribution is -2.49. The summed E-state index contributed by atoms with van der Waals surface area (Å²) in [5.41, 5.74) is 9.41. The SMILES string of the molecule is Cc1cccc(C)c1N(NC(N)=O)C(=O)CC#N. The van der Waals surface area contributed by atoms with Crippen LogP contribution >= 0.6 is 0 Å². The van der Waals surface area contributed by atoms with Crippen molar-refractivity contribution < 1.29 is 9.59 Å². The minimum atomic E-state index is -0.857. The van der Waals surface area contributed by atoms with Gasteiger partial charge in [0.2, 0.25) is 0 Å². The Balaban J connectivity index is 3.22. The zero-order valence-corrected chi connectivity index (χ0v) is 10.2. The maximum atomic E-state index is 11.8. The lowest BCUT2D eigenvalue weighted by atomic mass is 10.1. The second-order valence-electron chi connectivity index (χ2n) is 3.78. The average Bonchev–Trinajstić information content (AvgIpc) is 2.27. The van der Waals surface area contributed by atoms with Crippen LogP contribution in [0.5, 0.6) is 0 Å². The molecular weight excluding hydrogens is 232 g/mol. The van der Waals surface area contributed by atoms with Gasteiger partial charge in [-0.3, -0.25) is 4.79 Å². The number of nitrogens with one attached hydrogen (secondary N) is 1. The summed E-state index contributed by atoms with van der Waals surface area (Å²) in [4.78, 5) is 22.8. The van der Waals surface area contributed by atoms with Crippen LogP contribution in [0, 0.1) is 25.2 Å². The lowest BCUT2D eigenvalue weighted by Gasteiger charge is -2.24. The monoisotopic (exact) mass is 246 g/mol. The van der Waals surface area contributed by atoms with E-state index < -0.39 is 11.9 Å². The van der Waals surface area contributed by atoms with E-state index in [1.165, 1.54) is 0 Å². The topological polar surface area (TPSA) is 99.2 Å². The van der Waals surface area contributed by atoms with Crippen LogP contribution in [0.2, 0.25) is 0 Å². The molecule has 0 aliphatic rings. The van der Waals surface area contributed by atoms with Crippen molar-refractivity contribution in [3.63, 3.8) is 0 Å². The van der Waals surface area contributed by atoms with Crippen molar-refractivity contribution >= 4 is 17.6 Å². The number of hydrazine groups is 1. The van der Waals surface area contributed by atoms with E-state index in [-0.39, 0.29) is 6.42 Å². The van der Waals surface area contributed by atoms with Gasteiger partial charge in [0, 0.05) is 0 Å². The van der Waals surface area contributed by atoms with Gasteiger partial charge in [0.05, 0.1) is 11.8 Å². The summed E-state index contributed by atoms with van der Waals surface area (Å²) in [6, 6.07) is 6.33. The number of amides is 3. The van der Waals surface area contributed by atoms with E-state index in [0.29, 0.717) is 5.69 Å². The van der Waals surface area contributed by atoms with Crippen LogP contribution in [0.25, 0.3) is 0 Å². The third-order valence-corrected chi connectivity index (χ3v) is 2.36. The number of urea groups is 1. The number of aryl methyl sites for hydroxylation is 2. The average molecular weight is 246 g/mol. The first-order valence-electron chi connectivity index (χ1n) is 5.29. The molecule has 94 valence electrons. The summed E-state index contributed by atoms with van der Waals surface area (Å²) in [6.07, 6.45) is -0.339. The number of anilines is 1. The van der Waals surface area contributed by atoms with E-state index in [0.717, 1.165) is 16.1 Å². The van der Waals surface area contributed by atoms with Crippen molar-refractivity contribution in [2.45, 2.75) is 20.3 Å². The highest BCUT2D eigenvalue weighted by Gasteiger charge is 2.20. The van der Waals surface area contributed by atoms with Gasteiger partial charge in [-0.1, -0.05) is 18.2 Å². The van der Waals surface area contributed by atoms with Crippen molar-refractivity contribution in [3.05, 3.63) is 29.3 Å². The Morgan fingerprint density at radius 3 is 2.39 bits per heavy atom. The number of benzene rings is 1. The van der Waals surface area contributed by atoms with Crippen molar-refractivity contribution in [2.24, 2.45) is 5.73 Å². The van der Waals surface area contributed by atoms with Crippen LogP contribution in [0.3, 0.4) is 0 Å². The minimum absolute atomic E-state index is 0.339. The number of nitrogens with zero attached hydrogens (tertiary/aromatic N) is 2. The highest BCUT2D eigenvalue weighted by atomic mass is 16.2. The Morgan fingerprint density at radius 1 is 1.39 bits per heavy atom. The van der Waals surface area contributed by atoms with Gasteiger partial charge < -0.3 is 5.73 Å². The summed E-state index contributed by atoms with van der Waals surface area (Å²) in [7, 11) is 0. The maximum absolute atomic E-state index is 11.8. The predicted molar refractivity (Wildman–Crippen MR) is 66.4 cm³/mol. The van der Waals surface area contributed by atoms with E-state index in [1.807, 2.05) is 6.07 Å². The highest BCUT2D eigenvalue weighted by Crippen LogP contribution is 2.23. The number of nitrogens with two attached hydrogens (primary N) is 1. The number of primary amides is 1. The normalized spacial score (nSPS) is 9.39. The van der Waals surface area contributed by atoms with Crippen molar-refractivity contribution in [2.75, 3.05) is 5.01 Å². The van der Waals surface area contributed by atoms with Gasteiger partial charge in [0.25, 0.3) is 5.91 Å². The molecule has 0 radical (unpaired) electrons. The van der Waals surface area contributed by atoms with E-state index >= 15 is 0 Å². The van der Waals surface area contributed by atoms with Crippen LogP contribution in [0.4, 0.5) is 10.5 Å². The third kappa shape index (κ3) is 2.98. The number of rotatable bonds is 2. The Bertz CT molecular complexity index is 499. The number of hydrogen-bond donors (Lipinski definition) is 2. The zero-order chi connectivity index (χ0) is 13.7. The minimum Gasteiger partial charge on any atom is -0.350 e. The van der Waals surface area contributed by atoms with Gasteiger partial charge in [-0.2, -0.15) is 5.26 Å². The molecule has 1 aromatic rings. The maximum Gasteiger partial charge on any atom is 0.331 e. The standard InChI is InChI=1S/C12H14N4O2/c1-8-4-3-5-9(2)11(8)16(15-12(14)18)10(17)6-7-13/h3-5H,6H2,1-2H3,(H3,14,15,18). The molecule has 6 heteroatoms. The molecule has 6 nitrogen and oxygen atoms in total. The fourth-order valence-corrected chi connectivity index (χ4v) is 1.66. The quantitative estimate of drug-likeness (QED) is 0.765. The largest absolute Gasteiger partial charge is 0.350 e. The Hall–Kier alpha value is -2.55. The van der Waals surface area contributed by atoms with E-state index in [4.69, 9.17) is 11.0 Å². The molecule has 0 aliphatic heterocycles. The van der Waals surface area contributed by atoms with Crippen LogP contribution in [-0.4, -0.2) is 11.9 Å². The lowest BCUT2D eigenvalue weighted by molar-refractivity contribution is -0.118. The second kappa shape index (κ2) is 5.68. The zero-order valence-electron chi connectivity index (χ0n) is 10.2. The molecule has 18 heavy (non-hydrogen) atoms. The summed E-state index contributed by atoms with van der Waals surface area (Å²) >= 11 is 0. The fourth-order valence-electron chi connectivity index (χ4n) is 1.66. The molecule has 0 unspecified atom stereocenters. The number of carbonyl (C=O) groups is 2. The van der Waals surface area contributed by atoms with Gasteiger partial charge >= 0.3 is 6.03 Å². The van der Waals surface area contributed by atoms with E-state index in [2.05, 4.69) is 5.43 Å². The van der Waals surface area contributed by atoms with Crippen LogP contribution in [-0.2, 0) is 4.79 Å². The molecule has 0 atom stereocenters. The fraction of sp³-hybridized carbons (Fsp3) is 0.250. The smallest absolute Gasteiger partial charge is 0.331 e. The first-order chi connectivity index (χ1) is 8.47. The summed E-state index contributed by atoms with van der Waals surface area (Å²) in [5.74, 6) is -0.534.